The molecular formula is C17H18N2O. The van der Waals surface area contributed by atoms with Crippen LogP contribution in [0, 0.1) is 0 Å². The first-order valence-electron chi connectivity index (χ1n) is 6.91. The minimum atomic E-state index is -0.311. The highest BCUT2D eigenvalue weighted by atomic mass is 16.2. The topological polar surface area (TPSA) is 41.1 Å². The molecule has 102 valence electrons. The molecule has 2 aromatic carbocycles. The molecule has 3 heteroatoms. The van der Waals surface area contributed by atoms with Crippen molar-refractivity contribution in [2.45, 2.75) is 25.8 Å². The van der Waals surface area contributed by atoms with Crippen molar-refractivity contribution >= 4 is 17.3 Å². The SMILES string of the molecule is CC(C)c1cccc(NC2C(=O)Nc3ccccc32)c1. The van der Waals surface area contributed by atoms with Gasteiger partial charge in [-0.15, -0.1) is 0 Å². The molecule has 20 heavy (non-hydrogen) atoms. The molecule has 0 aromatic heterocycles. The summed E-state index contributed by atoms with van der Waals surface area (Å²) in [5.74, 6) is 0.475. The van der Waals surface area contributed by atoms with Gasteiger partial charge < -0.3 is 10.6 Å². The Kier molecular flexibility index (Phi) is 3.18. The average molecular weight is 266 g/mol. The van der Waals surface area contributed by atoms with E-state index in [-0.39, 0.29) is 11.9 Å². The zero-order chi connectivity index (χ0) is 14.1. The average Bonchev–Trinajstić information content (AvgIpc) is 2.76. The molecule has 1 heterocycles. The van der Waals surface area contributed by atoms with Gasteiger partial charge in [-0.25, -0.2) is 0 Å². The smallest absolute Gasteiger partial charge is 0.251 e. The maximum Gasteiger partial charge on any atom is 0.251 e. The number of rotatable bonds is 3. The molecule has 0 bridgehead atoms. The lowest BCUT2D eigenvalue weighted by molar-refractivity contribution is -0.116. The molecule has 2 N–H and O–H groups in total. The van der Waals surface area contributed by atoms with Crippen molar-refractivity contribution in [1.29, 1.82) is 0 Å². The van der Waals surface area contributed by atoms with Crippen LogP contribution in [0.5, 0.6) is 0 Å². The van der Waals surface area contributed by atoms with Crippen molar-refractivity contribution < 1.29 is 4.79 Å². The fraction of sp³-hybridized carbons (Fsp3) is 0.235. The summed E-state index contributed by atoms with van der Waals surface area (Å²) in [4.78, 5) is 12.1. The molecule has 1 aliphatic rings. The molecule has 3 nitrogen and oxygen atoms in total. The number of anilines is 2. The Morgan fingerprint density at radius 3 is 2.70 bits per heavy atom. The predicted molar refractivity (Wildman–Crippen MR) is 82.0 cm³/mol. The van der Waals surface area contributed by atoms with E-state index in [1.54, 1.807) is 0 Å². The lowest BCUT2D eigenvalue weighted by atomic mass is 10.0. The first kappa shape index (κ1) is 12.7. The van der Waals surface area contributed by atoms with E-state index in [0.29, 0.717) is 5.92 Å². The molecular weight excluding hydrogens is 248 g/mol. The number of hydrogen-bond acceptors (Lipinski definition) is 2. The van der Waals surface area contributed by atoms with Gasteiger partial charge in [0.05, 0.1) is 0 Å². The second kappa shape index (κ2) is 5.00. The van der Waals surface area contributed by atoms with Crippen LogP contribution in [0.25, 0.3) is 0 Å². The van der Waals surface area contributed by atoms with Gasteiger partial charge in [0.15, 0.2) is 0 Å². The number of fused-ring (bicyclic) bond motifs is 1. The number of nitrogens with one attached hydrogen (secondary N) is 2. The second-order valence-electron chi connectivity index (χ2n) is 5.43. The third-order valence-corrected chi connectivity index (χ3v) is 3.66. The maximum atomic E-state index is 12.1. The molecule has 0 radical (unpaired) electrons. The largest absolute Gasteiger partial charge is 0.370 e. The van der Waals surface area contributed by atoms with Crippen LogP contribution in [0.2, 0.25) is 0 Å². The summed E-state index contributed by atoms with van der Waals surface area (Å²) in [7, 11) is 0. The Labute approximate surface area is 119 Å². The van der Waals surface area contributed by atoms with Crippen LogP contribution in [0.1, 0.15) is 36.9 Å². The van der Waals surface area contributed by atoms with Gasteiger partial charge in [0.1, 0.15) is 6.04 Å². The van der Waals surface area contributed by atoms with Gasteiger partial charge >= 0.3 is 0 Å². The number of benzene rings is 2. The molecule has 3 rings (SSSR count). The van der Waals surface area contributed by atoms with Crippen molar-refractivity contribution in [3.05, 3.63) is 59.7 Å². The summed E-state index contributed by atoms with van der Waals surface area (Å²) in [5, 5.41) is 6.23. The zero-order valence-electron chi connectivity index (χ0n) is 11.7. The molecule has 0 saturated carbocycles. The molecule has 1 amide bonds. The van der Waals surface area contributed by atoms with Crippen LogP contribution in [0.4, 0.5) is 11.4 Å². The van der Waals surface area contributed by atoms with Crippen molar-refractivity contribution in [2.24, 2.45) is 0 Å². The van der Waals surface area contributed by atoms with Crippen molar-refractivity contribution in [3.63, 3.8) is 0 Å². The van der Waals surface area contributed by atoms with Gasteiger partial charge in [0.2, 0.25) is 0 Å². The van der Waals surface area contributed by atoms with E-state index in [1.807, 2.05) is 36.4 Å². The lowest BCUT2D eigenvalue weighted by Crippen LogP contribution is -2.19. The summed E-state index contributed by atoms with van der Waals surface area (Å²) in [5.41, 5.74) is 4.15. The van der Waals surface area contributed by atoms with E-state index in [9.17, 15) is 4.79 Å². The number of carbonyl (C=O) groups is 1. The highest BCUT2D eigenvalue weighted by Gasteiger charge is 2.29. The monoisotopic (exact) mass is 266 g/mol. The van der Waals surface area contributed by atoms with Crippen LogP contribution in [-0.4, -0.2) is 5.91 Å². The Morgan fingerprint density at radius 2 is 1.90 bits per heavy atom. The minimum Gasteiger partial charge on any atom is -0.370 e. The number of amides is 1. The van der Waals surface area contributed by atoms with Crippen LogP contribution < -0.4 is 10.6 Å². The quantitative estimate of drug-likeness (QED) is 0.884. The van der Waals surface area contributed by atoms with E-state index < -0.39 is 0 Å². The minimum absolute atomic E-state index is 0.00106. The maximum absolute atomic E-state index is 12.1. The molecule has 2 aromatic rings. The normalized spacial score (nSPS) is 16.9. The Hall–Kier alpha value is -2.29. The summed E-state index contributed by atoms with van der Waals surface area (Å²) in [6, 6.07) is 15.7. The molecule has 1 unspecified atom stereocenters. The van der Waals surface area contributed by atoms with E-state index in [1.165, 1.54) is 5.56 Å². The molecule has 0 saturated heterocycles. The molecule has 0 aliphatic carbocycles. The highest BCUT2D eigenvalue weighted by Crippen LogP contribution is 2.33. The highest BCUT2D eigenvalue weighted by molar-refractivity contribution is 6.04. The molecule has 0 spiro atoms. The third kappa shape index (κ3) is 2.27. The zero-order valence-corrected chi connectivity index (χ0v) is 11.7. The van der Waals surface area contributed by atoms with E-state index >= 15 is 0 Å². The Balaban J connectivity index is 1.88. The molecule has 1 aliphatic heterocycles. The molecule has 0 fully saturated rings. The van der Waals surface area contributed by atoms with E-state index in [0.717, 1.165) is 16.9 Å². The number of carbonyl (C=O) groups excluding carboxylic acids is 1. The summed E-state index contributed by atoms with van der Waals surface area (Å²) in [6.45, 7) is 4.33. The lowest BCUT2D eigenvalue weighted by Gasteiger charge is -2.15. The Bertz CT molecular complexity index is 649. The summed E-state index contributed by atoms with van der Waals surface area (Å²) < 4.78 is 0. The predicted octanol–water partition coefficient (Wildman–Crippen LogP) is 3.92. The van der Waals surface area contributed by atoms with Crippen LogP contribution in [-0.2, 0) is 4.79 Å². The van der Waals surface area contributed by atoms with Crippen molar-refractivity contribution in [3.8, 4) is 0 Å². The first-order chi connectivity index (χ1) is 9.65. The third-order valence-electron chi connectivity index (χ3n) is 3.66. The summed E-state index contributed by atoms with van der Waals surface area (Å²) >= 11 is 0. The van der Waals surface area contributed by atoms with Crippen molar-refractivity contribution in [2.75, 3.05) is 10.6 Å². The summed E-state index contributed by atoms with van der Waals surface area (Å²) in [6.07, 6.45) is 0. The fourth-order valence-corrected chi connectivity index (χ4v) is 2.51. The van der Waals surface area contributed by atoms with Gasteiger partial charge in [-0.2, -0.15) is 0 Å². The van der Waals surface area contributed by atoms with Gasteiger partial charge in [-0.1, -0.05) is 44.2 Å². The van der Waals surface area contributed by atoms with E-state index in [4.69, 9.17) is 0 Å². The van der Waals surface area contributed by atoms with Gasteiger partial charge in [-0.05, 0) is 29.7 Å². The standard InChI is InChI=1S/C17H18N2O/c1-11(2)12-6-5-7-13(10-12)18-16-14-8-3-4-9-15(14)19-17(16)20/h3-11,16,18H,1-2H3,(H,19,20). The number of para-hydroxylation sites is 1. The van der Waals surface area contributed by atoms with Crippen LogP contribution in [0.15, 0.2) is 48.5 Å². The van der Waals surface area contributed by atoms with Crippen LogP contribution in [0.3, 0.4) is 0 Å². The van der Waals surface area contributed by atoms with Gasteiger partial charge in [-0.3, -0.25) is 4.79 Å². The molecule has 1 atom stereocenters. The fourth-order valence-electron chi connectivity index (χ4n) is 2.51. The number of hydrogen-bond donors (Lipinski definition) is 2. The van der Waals surface area contributed by atoms with Crippen molar-refractivity contribution in [1.82, 2.24) is 0 Å². The second-order valence-corrected chi connectivity index (χ2v) is 5.43. The van der Waals surface area contributed by atoms with Gasteiger partial charge in [0.25, 0.3) is 5.91 Å². The Morgan fingerprint density at radius 1 is 1.10 bits per heavy atom. The first-order valence-corrected chi connectivity index (χ1v) is 6.91. The van der Waals surface area contributed by atoms with Gasteiger partial charge in [0, 0.05) is 16.9 Å². The van der Waals surface area contributed by atoms with Crippen LogP contribution >= 0.6 is 0 Å². The van der Waals surface area contributed by atoms with E-state index in [2.05, 4.69) is 36.6 Å².